The predicted octanol–water partition coefficient (Wildman–Crippen LogP) is -0.372. The molecule has 2 aromatic heterocycles. The summed E-state index contributed by atoms with van der Waals surface area (Å²) < 4.78 is 23.3. The summed E-state index contributed by atoms with van der Waals surface area (Å²) in [6.07, 6.45) is 3.03. The van der Waals surface area contributed by atoms with Gasteiger partial charge in [0.25, 0.3) is 0 Å². The molecular weight excluding hydrogens is 282 g/mol. The van der Waals surface area contributed by atoms with Crippen LogP contribution in [0.3, 0.4) is 0 Å². The minimum absolute atomic E-state index is 0.113. The van der Waals surface area contributed by atoms with Gasteiger partial charge in [-0.15, -0.1) is 0 Å². The number of nitrogens with one attached hydrogen (secondary N) is 3. The lowest BCUT2D eigenvalue weighted by Gasteiger charge is -2.23. The summed E-state index contributed by atoms with van der Waals surface area (Å²) in [6.45, 7) is 0. The zero-order valence-electron chi connectivity index (χ0n) is 10.6. The van der Waals surface area contributed by atoms with Crippen molar-refractivity contribution in [3.8, 4) is 0 Å². The summed E-state index contributed by atoms with van der Waals surface area (Å²) in [7, 11) is -2.98. The Hall–Kier alpha value is -1.94. The molecule has 1 unspecified atom stereocenters. The van der Waals surface area contributed by atoms with Gasteiger partial charge in [0.05, 0.1) is 23.1 Å². The second-order valence-corrected chi connectivity index (χ2v) is 7.00. The minimum Gasteiger partial charge on any atom is -0.366 e. The Kier molecular flexibility index (Phi) is 3.18. The highest BCUT2D eigenvalue weighted by atomic mass is 32.2. The second-order valence-electron chi connectivity index (χ2n) is 4.77. The van der Waals surface area contributed by atoms with Crippen LogP contribution in [-0.4, -0.2) is 46.1 Å². The smallest absolute Gasteiger partial charge is 0.241 e. The average Bonchev–Trinajstić information content (AvgIpc) is 2.85. The summed E-state index contributed by atoms with van der Waals surface area (Å²) in [5, 5.41) is 10.5. The molecule has 0 bridgehead atoms. The first-order chi connectivity index (χ1) is 9.57. The molecule has 108 valence electrons. The molecular formula is C10H15N7O2S. The topological polar surface area (TPSA) is 139 Å². The van der Waals surface area contributed by atoms with Gasteiger partial charge in [0.2, 0.25) is 5.95 Å². The maximum absolute atomic E-state index is 11.7. The van der Waals surface area contributed by atoms with Crippen LogP contribution in [0.15, 0.2) is 6.20 Å². The lowest BCUT2D eigenvalue weighted by Crippen LogP contribution is -2.35. The van der Waals surface area contributed by atoms with E-state index in [9.17, 15) is 8.42 Å². The summed E-state index contributed by atoms with van der Waals surface area (Å²) in [6, 6.07) is -0.160. The minimum atomic E-state index is -2.98. The fourth-order valence-electron chi connectivity index (χ4n) is 2.34. The Morgan fingerprint density at radius 1 is 1.40 bits per heavy atom. The summed E-state index contributed by atoms with van der Waals surface area (Å²) >= 11 is 0. The Bertz CT molecular complexity index is 726. The molecule has 1 aliphatic rings. The molecule has 1 saturated heterocycles. The van der Waals surface area contributed by atoms with E-state index in [1.165, 1.54) is 0 Å². The Balaban J connectivity index is 1.91. The molecule has 10 heteroatoms. The van der Waals surface area contributed by atoms with Crippen LogP contribution in [0.1, 0.15) is 12.8 Å². The molecule has 0 radical (unpaired) electrons. The molecule has 3 rings (SSSR count). The molecule has 0 aromatic carbocycles. The number of hydrazine groups is 1. The van der Waals surface area contributed by atoms with E-state index in [1.807, 2.05) is 0 Å². The van der Waals surface area contributed by atoms with Crippen molar-refractivity contribution in [2.45, 2.75) is 18.9 Å². The van der Waals surface area contributed by atoms with Crippen molar-refractivity contribution in [1.29, 1.82) is 0 Å². The van der Waals surface area contributed by atoms with Gasteiger partial charge in [-0.05, 0) is 12.8 Å². The fraction of sp³-hybridized carbons (Fsp3) is 0.500. The number of anilines is 2. The van der Waals surface area contributed by atoms with Crippen molar-refractivity contribution in [3.05, 3.63) is 6.20 Å². The van der Waals surface area contributed by atoms with Gasteiger partial charge in [0.15, 0.2) is 15.5 Å². The van der Waals surface area contributed by atoms with E-state index in [0.29, 0.717) is 23.3 Å². The number of H-pyrrole nitrogens is 1. The first-order valence-electron chi connectivity index (χ1n) is 6.22. The number of aromatic amines is 1. The normalized spacial score (nSPS) is 21.8. The molecule has 2 aromatic rings. The van der Waals surface area contributed by atoms with Crippen LogP contribution in [0.5, 0.6) is 0 Å². The number of nitrogen functional groups attached to an aromatic ring is 1. The van der Waals surface area contributed by atoms with Gasteiger partial charge < -0.3 is 5.32 Å². The highest BCUT2D eigenvalue weighted by Gasteiger charge is 2.25. The van der Waals surface area contributed by atoms with Crippen LogP contribution >= 0.6 is 0 Å². The Morgan fingerprint density at radius 2 is 2.25 bits per heavy atom. The zero-order chi connectivity index (χ0) is 14.2. The van der Waals surface area contributed by atoms with E-state index in [-0.39, 0.29) is 23.5 Å². The van der Waals surface area contributed by atoms with E-state index in [0.717, 1.165) is 6.42 Å². The molecule has 0 amide bonds. The monoisotopic (exact) mass is 297 g/mol. The Labute approximate surface area is 115 Å². The van der Waals surface area contributed by atoms with E-state index in [4.69, 9.17) is 5.84 Å². The number of sulfone groups is 1. The van der Waals surface area contributed by atoms with Gasteiger partial charge in [-0.3, -0.25) is 10.5 Å². The largest absolute Gasteiger partial charge is 0.366 e. The van der Waals surface area contributed by atoms with E-state index in [2.05, 4.69) is 30.9 Å². The first-order valence-corrected chi connectivity index (χ1v) is 8.04. The SMILES string of the molecule is NNc1nc(NC2CCCS(=O)(=O)C2)c2cn[nH]c2n1. The maximum Gasteiger partial charge on any atom is 0.241 e. The number of aromatic nitrogens is 4. The van der Waals surface area contributed by atoms with Crippen LogP contribution in [0.4, 0.5) is 11.8 Å². The molecule has 0 aliphatic carbocycles. The third kappa shape index (κ3) is 2.51. The third-order valence-electron chi connectivity index (χ3n) is 3.24. The number of hydrogen-bond acceptors (Lipinski definition) is 8. The van der Waals surface area contributed by atoms with Gasteiger partial charge in [0.1, 0.15) is 5.82 Å². The van der Waals surface area contributed by atoms with Crippen molar-refractivity contribution in [3.63, 3.8) is 0 Å². The molecule has 3 heterocycles. The number of rotatable bonds is 3. The molecule has 0 spiro atoms. The molecule has 1 atom stereocenters. The average molecular weight is 297 g/mol. The second kappa shape index (κ2) is 4.87. The van der Waals surface area contributed by atoms with E-state index in [1.54, 1.807) is 6.20 Å². The van der Waals surface area contributed by atoms with Gasteiger partial charge in [0, 0.05) is 6.04 Å². The lowest BCUT2D eigenvalue weighted by molar-refractivity contribution is 0.561. The van der Waals surface area contributed by atoms with Crippen LogP contribution in [0.25, 0.3) is 11.0 Å². The van der Waals surface area contributed by atoms with Gasteiger partial charge >= 0.3 is 0 Å². The lowest BCUT2D eigenvalue weighted by atomic mass is 10.2. The zero-order valence-corrected chi connectivity index (χ0v) is 11.4. The highest BCUT2D eigenvalue weighted by molar-refractivity contribution is 7.91. The van der Waals surface area contributed by atoms with Gasteiger partial charge in [-0.2, -0.15) is 15.1 Å². The number of nitrogens with two attached hydrogens (primary N) is 1. The third-order valence-corrected chi connectivity index (χ3v) is 5.06. The number of fused-ring (bicyclic) bond motifs is 1. The molecule has 1 aliphatic heterocycles. The summed E-state index contributed by atoms with van der Waals surface area (Å²) in [5.41, 5.74) is 2.91. The maximum atomic E-state index is 11.7. The van der Waals surface area contributed by atoms with Crippen molar-refractivity contribution in [2.24, 2.45) is 5.84 Å². The quantitative estimate of drug-likeness (QED) is 0.444. The van der Waals surface area contributed by atoms with Gasteiger partial charge in [-0.1, -0.05) is 0 Å². The van der Waals surface area contributed by atoms with Crippen LogP contribution in [-0.2, 0) is 9.84 Å². The summed E-state index contributed by atoms with van der Waals surface area (Å²) in [5.74, 6) is 6.46. The van der Waals surface area contributed by atoms with Crippen LogP contribution in [0, 0.1) is 0 Å². The molecule has 0 saturated carbocycles. The van der Waals surface area contributed by atoms with Crippen LogP contribution < -0.4 is 16.6 Å². The van der Waals surface area contributed by atoms with Crippen LogP contribution in [0.2, 0.25) is 0 Å². The number of hydrogen-bond donors (Lipinski definition) is 4. The standard InChI is InChI=1S/C10H15N7O2S/c11-16-10-14-8(7-4-12-17-9(7)15-10)13-6-2-1-3-20(18,19)5-6/h4,6H,1-3,5,11H2,(H3,12,13,14,15,16,17). The predicted molar refractivity (Wildman–Crippen MR) is 74.8 cm³/mol. The number of nitrogens with zero attached hydrogens (tertiary/aromatic N) is 3. The molecule has 20 heavy (non-hydrogen) atoms. The van der Waals surface area contributed by atoms with Crippen molar-refractivity contribution in [2.75, 3.05) is 22.2 Å². The fourth-order valence-corrected chi connectivity index (χ4v) is 3.98. The van der Waals surface area contributed by atoms with Gasteiger partial charge in [-0.25, -0.2) is 14.3 Å². The van der Waals surface area contributed by atoms with Crippen molar-refractivity contribution >= 4 is 32.6 Å². The molecule has 1 fully saturated rings. The highest BCUT2D eigenvalue weighted by Crippen LogP contribution is 2.23. The summed E-state index contributed by atoms with van der Waals surface area (Å²) in [4.78, 5) is 8.33. The molecule has 9 nitrogen and oxygen atoms in total. The van der Waals surface area contributed by atoms with E-state index >= 15 is 0 Å². The Morgan fingerprint density at radius 3 is 3.00 bits per heavy atom. The van der Waals surface area contributed by atoms with Crippen molar-refractivity contribution < 1.29 is 8.42 Å². The van der Waals surface area contributed by atoms with Crippen molar-refractivity contribution in [1.82, 2.24) is 20.2 Å². The van der Waals surface area contributed by atoms with E-state index < -0.39 is 9.84 Å². The molecule has 5 N–H and O–H groups in total. The first kappa shape index (κ1) is 13.1.